The van der Waals surface area contributed by atoms with Crippen LogP contribution in [0.5, 0.6) is 0 Å². The number of rotatable bonds is 5. The van der Waals surface area contributed by atoms with Crippen molar-refractivity contribution >= 4 is 17.3 Å². The standard InChI is InChI=1S/C21H22F3N3O3/c1-25(17-9-11-18(12-10-17)27(29)30)20(28)14-26-13-3-2-4-19(26)15-5-7-16(8-6-15)21(22,23)24/h5-12,19H,2-4,13-14H2,1H3. The van der Waals surface area contributed by atoms with E-state index in [1.807, 2.05) is 4.90 Å². The van der Waals surface area contributed by atoms with Gasteiger partial charge in [-0.3, -0.25) is 19.8 Å². The smallest absolute Gasteiger partial charge is 0.314 e. The number of hydrogen-bond donors (Lipinski definition) is 0. The predicted molar refractivity (Wildman–Crippen MR) is 106 cm³/mol. The summed E-state index contributed by atoms with van der Waals surface area (Å²) in [4.78, 5) is 26.5. The fourth-order valence-electron chi connectivity index (χ4n) is 3.67. The highest BCUT2D eigenvalue weighted by Crippen LogP contribution is 2.34. The van der Waals surface area contributed by atoms with Crippen molar-refractivity contribution in [1.82, 2.24) is 4.90 Å². The summed E-state index contributed by atoms with van der Waals surface area (Å²) >= 11 is 0. The van der Waals surface area contributed by atoms with Crippen LogP contribution >= 0.6 is 0 Å². The van der Waals surface area contributed by atoms with Crippen molar-refractivity contribution in [2.45, 2.75) is 31.5 Å². The van der Waals surface area contributed by atoms with E-state index in [0.717, 1.165) is 37.0 Å². The molecule has 1 aliphatic rings. The van der Waals surface area contributed by atoms with E-state index in [9.17, 15) is 28.1 Å². The average Bonchev–Trinajstić information content (AvgIpc) is 2.73. The summed E-state index contributed by atoms with van der Waals surface area (Å²) in [5, 5.41) is 10.8. The SMILES string of the molecule is CN(C(=O)CN1CCCCC1c1ccc(C(F)(F)F)cc1)c1ccc([N+](=O)[O-])cc1. The van der Waals surface area contributed by atoms with E-state index < -0.39 is 16.7 Å². The molecule has 1 aliphatic heterocycles. The molecule has 0 radical (unpaired) electrons. The van der Waals surface area contributed by atoms with Crippen LogP contribution in [0.25, 0.3) is 0 Å². The number of carbonyl (C=O) groups excluding carboxylic acids is 1. The lowest BCUT2D eigenvalue weighted by Crippen LogP contribution is -2.42. The molecular weight excluding hydrogens is 399 g/mol. The molecule has 9 heteroatoms. The molecule has 0 aliphatic carbocycles. The highest BCUT2D eigenvalue weighted by atomic mass is 19.4. The molecule has 6 nitrogen and oxygen atoms in total. The first-order valence-electron chi connectivity index (χ1n) is 9.59. The molecule has 2 aromatic rings. The van der Waals surface area contributed by atoms with Crippen LogP contribution in [-0.4, -0.2) is 35.9 Å². The summed E-state index contributed by atoms with van der Waals surface area (Å²) in [5.41, 5.74) is 0.544. The van der Waals surface area contributed by atoms with Crippen LogP contribution in [-0.2, 0) is 11.0 Å². The molecule has 1 amide bonds. The number of amides is 1. The lowest BCUT2D eigenvalue weighted by atomic mass is 9.94. The van der Waals surface area contributed by atoms with Gasteiger partial charge < -0.3 is 4.90 Å². The van der Waals surface area contributed by atoms with Gasteiger partial charge in [0, 0.05) is 30.9 Å². The number of anilines is 1. The van der Waals surface area contributed by atoms with E-state index in [2.05, 4.69) is 0 Å². The molecule has 1 saturated heterocycles. The van der Waals surface area contributed by atoms with Gasteiger partial charge in [0.2, 0.25) is 5.91 Å². The summed E-state index contributed by atoms with van der Waals surface area (Å²) in [5.74, 6) is -0.192. The third-order valence-electron chi connectivity index (χ3n) is 5.40. The number of benzene rings is 2. The molecule has 30 heavy (non-hydrogen) atoms. The Hall–Kier alpha value is -2.94. The molecule has 0 aromatic heterocycles. The summed E-state index contributed by atoms with van der Waals surface area (Å²) < 4.78 is 38.5. The number of piperidine rings is 1. The van der Waals surface area contributed by atoms with Crippen LogP contribution in [0, 0.1) is 10.1 Å². The third-order valence-corrected chi connectivity index (χ3v) is 5.40. The number of halogens is 3. The third kappa shape index (κ3) is 4.96. The molecular formula is C21H22F3N3O3. The van der Waals surface area contributed by atoms with Crippen LogP contribution in [0.1, 0.15) is 36.4 Å². The number of nitro groups is 1. The van der Waals surface area contributed by atoms with Crippen molar-refractivity contribution in [3.8, 4) is 0 Å². The van der Waals surface area contributed by atoms with Gasteiger partial charge in [0.05, 0.1) is 17.0 Å². The van der Waals surface area contributed by atoms with E-state index in [4.69, 9.17) is 0 Å². The lowest BCUT2D eigenvalue weighted by molar-refractivity contribution is -0.384. The first-order chi connectivity index (χ1) is 14.2. The normalized spacial score (nSPS) is 17.5. The van der Waals surface area contributed by atoms with Crippen molar-refractivity contribution in [2.24, 2.45) is 0 Å². The monoisotopic (exact) mass is 421 g/mol. The number of likely N-dealkylation sites (N-methyl/N-ethyl adjacent to an activating group) is 1. The summed E-state index contributed by atoms with van der Waals surface area (Å²) in [6.07, 6.45) is -1.77. The Bertz CT molecular complexity index is 898. The Balaban J connectivity index is 1.71. The highest BCUT2D eigenvalue weighted by molar-refractivity contribution is 5.94. The van der Waals surface area contributed by atoms with Crippen LogP contribution in [0.2, 0.25) is 0 Å². The van der Waals surface area contributed by atoms with Crippen LogP contribution in [0.3, 0.4) is 0 Å². The number of alkyl halides is 3. The number of non-ortho nitro benzene ring substituents is 1. The van der Waals surface area contributed by atoms with E-state index in [-0.39, 0.29) is 24.2 Å². The van der Waals surface area contributed by atoms with Crippen LogP contribution in [0.4, 0.5) is 24.5 Å². The fourth-order valence-corrected chi connectivity index (χ4v) is 3.67. The average molecular weight is 421 g/mol. The number of carbonyl (C=O) groups is 1. The minimum atomic E-state index is -4.38. The Morgan fingerprint density at radius 2 is 1.77 bits per heavy atom. The summed E-state index contributed by atoms with van der Waals surface area (Å²) in [7, 11) is 1.60. The van der Waals surface area contributed by atoms with Crippen LogP contribution < -0.4 is 4.90 Å². The topological polar surface area (TPSA) is 66.7 Å². The molecule has 1 heterocycles. The second kappa shape index (κ2) is 8.83. The summed E-state index contributed by atoms with van der Waals surface area (Å²) in [6.45, 7) is 0.782. The first kappa shape index (κ1) is 21.8. The predicted octanol–water partition coefficient (Wildman–Crippen LogP) is 4.80. The maximum Gasteiger partial charge on any atom is 0.416 e. The lowest BCUT2D eigenvalue weighted by Gasteiger charge is -2.36. The van der Waals surface area contributed by atoms with Gasteiger partial charge in [-0.2, -0.15) is 13.2 Å². The molecule has 0 bridgehead atoms. The van der Waals surface area contributed by atoms with Gasteiger partial charge in [-0.1, -0.05) is 18.6 Å². The largest absolute Gasteiger partial charge is 0.416 e. The van der Waals surface area contributed by atoms with Crippen molar-refractivity contribution in [2.75, 3.05) is 25.0 Å². The van der Waals surface area contributed by atoms with Crippen molar-refractivity contribution in [1.29, 1.82) is 0 Å². The van der Waals surface area contributed by atoms with Gasteiger partial charge in [-0.25, -0.2) is 0 Å². The van der Waals surface area contributed by atoms with E-state index in [1.165, 1.54) is 41.3 Å². The molecule has 1 unspecified atom stereocenters. The minimum Gasteiger partial charge on any atom is -0.314 e. The molecule has 2 aromatic carbocycles. The zero-order chi connectivity index (χ0) is 21.9. The van der Waals surface area contributed by atoms with Gasteiger partial charge in [0.1, 0.15) is 0 Å². The second-order valence-corrected chi connectivity index (χ2v) is 7.33. The molecule has 0 N–H and O–H groups in total. The van der Waals surface area contributed by atoms with Crippen LogP contribution in [0.15, 0.2) is 48.5 Å². The van der Waals surface area contributed by atoms with Gasteiger partial charge >= 0.3 is 6.18 Å². The van der Waals surface area contributed by atoms with Crippen molar-refractivity contribution in [3.63, 3.8) is 0 Å². The fraction of sp³-hybridized carbons (Fsp3) is 0.381. The Labute approximate surface area is 172 Å². The van der Waals surface area contributed by atoms with Gasteiger partial charge in [0.15, 0.2) is 0 Å². The molecule has 3 rings (SSSR count). The summed E-state index contributed by atoms with van der Waals surface area (Å²) in [6, 6.07) is 10.7. The number of nitrogens with zero attached hydrogens (tertiary/aromatic N) is 3. The maximum atomic E-state index is 12.8. The number of nitro benzene ring substituents is 1. The van der Waals surface area contributed by atoms with Gasteiger partial charge in [0.25, 0.3) is 5.69 Å². The molecule has 1 atom stereocenters. The van der Waals surface area contributed by atoms with Gasteiger partial charge in [-0.15, -0.1) is 0 Å². The molecule has 1 fully saturated rings. The molecule has 0 saturated carbocycles. The Morgan fingerprint density at radius 3 is 2.33 bits per heavy atom. The zero-order valence-electron chi connectivity index (χ0n) is 16.4. The highest BCUT2D eigenvalue weighted by Gasteiger charge is 2.31. The quantitative estimate of drug-likeness (QED) is 0.514. The maximum absolute atomic E-state index is 12.8. The van der Waals surface area contributed by atoms with Crippen molar-refractivity contribution in [3.05, 3.63) is 69.8 Å². The Morgan fingerprint density at radius 1 is 1.13 bits per heavy atom. The second-order valence-electron chi connectivity index (χ2n) is 7.33. The van der Waals surface area contributed by atoms with E-state index in [0.29, 0.717) is 12.2 Å². The number of hydrogen-bond acceptors (Lipinski definition) is 4. The van der Waals surface area contributed by atoms with Gasteiger partial charge in [-0.05, 0) is 49.2 Å². The first-order valence-corrected chi connectivity index (χ1v) is 9.59. The zero-order valence-corrected chi connectivity index (χ0v) is 16.4. The van der Waals surface area contributed by atoms with E-state index >= 15 is 0 Å². The Kier molecular flexibility index (Phi) is 6.40. The molecule has 0 spiro atoms. The van der Waals surface area contributed by atoms with Crippen molar-refractivity contribution < 1.29 is 22.9 Å². The minimum absolute atomic E-state index is 0.0574. The van der Waals surface area contributed by atoms with E-state index in [1.54, 1.807) is 7.05 Å². The molecule has 160 valence electrons. The number of likely N-dealkylation sites (tertiary alicyclic amines) is 1.